The van der Waals surface area contributed by atoms with Crippen molar-refractivity contribution >= 4 is 17.5 Å². The second-order valence-electron chi connectivity index (χ2n) is 9.17. The topological polar surface area (TPSA) is 86.3 Å². The van der Waals surface area contributed by atoms with Crippen molar-refractivity contribution in [3.05, 3.63) is 41.5 Å². The maximum Gasteiger partial charge on any atom is 0.223 e. The fraction of sp³-hybridized carbons (Fsp3) is 0.481. The molecule has 188 valence electrons. The summed E-state index contributed by atoms with van der Waals surface area (Å²) in [5.41, 5.74) is 2.41. The summed E-state index contributed by atoms with van der Waals surface area (Å²) in [4.78, 5) is 26.4. The molecule has 0 spiro atoms. The van der Waals surface area contributed by atoms with Crippen LogP contribution in [0, 0.1) is 0 Å². The number of rotatable bonds is 9. The van der Waals surface area contributed by atoms with Gasteiger partial charge >= 0.3 is 0 Å². The molecule has 1 aliphatic heterocycles. The second-order valence-corrected chi connectivity index (χ2v) is 9.17. The first-order chi connectivity index (χ1) is 16.9. The number of likely N-dealkylation sites (tertiary alicyclic amines) is 1. The molecule has 2 aromatic carbocycles. The van der Waals surface area contributed by atoms with Crippen LogP contribution in [0.25, 0.3) is 0 Å². The lowest BCUT2D eigenvalue weighted by molar-refractivity contribution is -0.128. The lowest BCUT2D eigenvalue weighted by Gasteiger charge is -2.21. The predicted octanol–water partition coefficient (Wildman–Crippen LogP) is 4.51. The van der Waals surface area contributed by atoms with Crippen LogP contribution < -0.4 is 24.3 Å². The number of hydrogen-bond donors (Lipinski definition) is 1. The van der Waals surface area contributed by atoms with Crippen molar-refractivity contribution < 1.29 is 28.5 Å². The smallest absolute Gasteiger partial charge is 0.223 e. The molecule has 8 nitrogen and oxygen atoms in total. The van der Waals surface area contributed by atoms with Crippen molar-refractivity contribution in [3.8, 4) is 23.0 Å². The minimum absolute atomic E-state index is 0.0711. The number of ether oxygens (including phenoxy) is 4. The fourth-order valence-corrected chi connectivity index (χ4v) is 4.95. The van der Waals surface area contributed by atoms with Crippen LogP contribution in [0.4, 0.5) is 5.69 Å². The van der Waals surface area contributed by atoms with E-state index in [4.69, 9.17) is 18.9 Å². The lowest BCUT2D eigenvalue weighted by atomic mass is 9.98. The van der Waals surface area contributed by atoms with Crippen LogP contribution in [0.1, 0.15) is 56.1 Å². The molecule has 2 aliphatic rings. The normalized spacial score (nSPS) is 18.0. The van der Waals surface area contributed by atoms with E-state index in [2.05, 4.69) is 5.32 Å². The first kappa shape index (κ1) is 24.7. The highest BCUT2D eigenvalue weighted by atomic mass is 16.5. The number of anilines is 1. The number of benzene rings is 2. The number of nitrogens with zero attached hydrogens (tertiary/aromatic N) is 1. The van der Waals surface area contributed by atoms with E-state index in [1.807, 2.05) is 35.2 Å². The van der Waals surface area contributed by atoms with Crippen LogP contribution in [0.2, 0.25) is 0 Å². The van der Waals surface area contributed by atoms with Gasteiger partial charge < -0.3 is 29.2 Å². The average molecular weight is 483 g/mol. The molecule has 2 aromatic rings. The molecule has 1 saturated heterocycles. The third-order valence-electron chi connectivity index (χ3n) is 6.71. The summed E-state index contributed by atoms with van der Waals surface area (Å²) in [6.07, 6.45) is 5.19. The van der Waals surface area contributed by atoms with Gasteiger partial charge in [-0.15, -0.1) is 0 Å². The molecule has 0 bridgehead atoms. The van der Waals surface area contributed by atoms with Crippen molar-refractivity contribution in [2.45, 2.75) is 57.6 Å². The molecule has 1 N–H and O–H groups in total. The molecule has 2 amide bonds. The van der Waals surface area contributed by atoms with Crippen molar-refractivity contribution in [1.82, 2.24) is 4.90 Å². The van der Waals surface area contributed by atoms with Gasteiger partial charge in [0, 0.05) is 32.4 Å². The quantitative estimate of drug-likeness (QED) is 0.566. The summed E-state index contributed by atoms with van der Waals surface area (Å²) < 4.78 is 22.7. The number of amides is 2. The standard InChI is InChI=1S/C27H34N2O6/c1-17(30)28-27-24(33-3)11-18(12-25(27)34-4)15-29-16-20(14-26(29)31)19-9-10-22(32-2)23(13-19)35-21-7-5-6-8-21/h9-13,20-21H,5-8,14-16H2,1-4H3,(H,28,30)/t20-/m1/s1. The van der Waals surface area contributed by atoms with Gasteiger partial charge in [0.15, 0.2) is 11.5 Å². The van der Waals surface area contributed by atoms with E-state index >= 15 is 0 Å². The van der Waals surface area contributed by atoms with Crippen molar-refractivity contribution in [1.29, 1.82) is 0 Å². The van der Waals surface area contributed by atoms with Gasteiger partial charge in [-0.1, -0.05) is 6.07 Å². The van der Waals surface area contributed by atoms with Gasteiger partial charge in [0.25, 0.3) is 0 Å². The summed E-state index contributed by atoms with van der Waals surface area (Å²) >= 11 is 0. The Hall–Kier alpha value is -3.42. The highest BCUT2D eigenvalue weighted by Crippen LogP contribution is 2.39. The van der Waals surface area contributed by atoms with Crippen LogP contribution in [-0.2, 0) is 16.1 Å². The first-order valence-electron chi connectivity index (χ1n) is 12.1. The van der Waals surface area contributed by atoms with Crippen LogP contribution >= 0.6 is 0 Å². The number of carbonyl (C=O) groups excluding carboxylic acids is 2. The van der Waals surface area contributed by atoms with Crippen LogP contribution in [0.3, 0.4) is 0 Å². The number of carbonyl (C=O) groups is 2. The zero-order chi connectivity index (χ0) is 24.9. The van der Waals surface area contributed by atoms with E-state index in [0.717, 1.165) is 35.5 Å². The molecule has 1 aliphatic carbocycles. The Morgan fingerprint density at radius 2 is 1.63 bits per heavy atom. The van der Waals surface area contributed by atoms with E-state index in [9.17, 15) is 9.59 Å². The van der Waals surface area contributed by atoms with E-state index in [-0.39, 0.29) is 23.8 Å². The summed E-state index contributed by atoms with van der Waals surface area (Å²) in [6, 6.07) is 9.65. The molecular formula is C27H34N2O6. The molecular weight excluding hydrogens is 448 g/mol. The van der Waals surface area contributed by atoms with Gasteiger partial charge in [0.2, 0.25) is 11.8 Å². The molecule has 35 heavy (non-hydrogen) atoms. The van der Waals surface area contributed by atoms with E-state index in [1.165, 1.54) is 34.0 Å². The largest absolute Gasteiger partial charge is 0.494 e. The predicted molar refractivity (Wildman–Crippen MR) is 133 cm³/mol. The molecule has 0 aromatic heterocycles. The van der Waals surface area contributed by atoms with Crippen LogP contribution in [0.5, 0.6) is 23.0 Å². The van der Waals surface area contributed by atoms with E-state index < -0.39 is 0 Å². The van der Waals surface area contributed by atoms with Crippen molar-refractivity contribution in [2.75, 3.05) is 33.2 Å². The first-order valence-corrected chi connectivity index (χ1v) is 12.1. The Labute approximate surface area is 206 Å². The zero-order valence-corrected chi connectivity index (χ0v) is 20.9. The molecule has 2 fully saturated rings. The summed E-state index contributed by atoms with van der Waals surface area (Å²) in [7, 11) is 4.72. The van der Waals surface area contributed by atoms with Crippen molar-refractivity contribution in [2.24, 2.45) is 0 Å². The van der Waals surface area contributed by atoms with Gasteiger partial charge in [-0.3, -0.25) is 9.59 Å². The Morgan fingerprint density at radius 3 is 2.23 bits per heavy atom. The SMILES string of the molecule is COc1ccc([C@@H]2CC(=O)N(Cc3cc(OC)c(NC(C)=O)c(OC)c3)C2)cc1OC1CCCC1. The third-order valence-corrected chi connectivity index (χ3v) is 6.71. The summed E-state index contributed by atoms with van der Waals surface area (Å²) in [5, 5.41) is 2.75. The average Bonchev–Trinajstić information content (AvgIpc) is 3.49. The maximum absolute atomic E-state index is 12.9. The molecule has 0 unspecified atom stereocenters. The Morgan fingerprint density at radius 1 is 0.971 bits per heavy atom. The van der Waals surface area contributed by atoms with Gasteiger partial charge in [-0.25, -0.2) is 0 Å². The summed E-state index contributed by atoms with van der Waals surface area (Å²) in [6.45, 7) is 2.45. The lowest BCUT2D eigenvalue weighted by Crippen LogP contribution is -2.24. The fourth-order valence-electron chi connectivity index (χ4n) is 4.95. The molecule has 4 rings (SSSR count). The van der Waals surface area contributed by atoms with Gasteiger partial charge in [-0.2, -0.15) is 0 Å². The van der Waals surface area contributed by atoms with Crippen LogP contribution in [-0.4, -0.2) is 50.7 Å². The second kappa shape index (κ2) is 10.9. The van der Waals surface area contributed by atoms with Crippen molar-refractivity contribution in [3.63, 3.8) is 0 Å². The Balaban J connectivity index is 1.51. The number of nitrogens with one attached hydrogen (secondary N) is 1. The minimum Gasteiger partial charge on any atom is -0.494 e. The number of methoxy groups -OCH3 is 3. The Bertz CT molecular complexity index is 1050. The molecule has 1 atom stereocenters. The van der Waals surface area contributed by atoms with E-state index in [1.54, 1.807) is 7.11 Å². The zero-order valence-electron chi connectivity index (χ0n) is 20.9. The van der Waals surface area contributed by atoms with Gasteiger partial charge in [0.05, 0.1) is 27.4 Å². The molecule has 1 heterocycles. The van der Waals surface area contributed by atoms with E-state index in [0.29, 0.717) is 36.7 Å². The minimum atomic E-state index is -0.220. The summed E-state index contributed by atoms with van der Waals surface area (Å²) in [5.74, 6) is 2.40. The molecule has 0 radical (unpaired) electrons. The number of hydrogen-bond acceptors (Lipinski definition) is 6. The monoisotopic (exact) mass is 482 g/mol. The highest BCUT2D eigenvalue weighted by molar-refractivity contribution is 5.92. The molecule has 8 heteroatoms. The molecule has 1 saturated carbocycles. The van der Waals surface area contributed by atoms with Gasteiger partial charge in [0.1, 0.15) is 17.2 Å². The highest BCUT2D eigenvalue weighted by Gasteiger charge is 2.32. The Kier molecular flexibility index (Phi) is 7.68. The maximum atomic E-state index is 12.9. The van der Waals surface area contributed by atoms with Gasteiger partial charge in [-0.05, 0) is 61.1 Å². The van der Waals surface area contributed by atoms with Crippen LogP contribution in [0.15, 0.2) is 30.3 Å². The third kappa shape index (κ3) is 5.63.